The molecule has 11 aromatic rings. The zero-order chi connectivity index (χ0) is 35.6. The molecule has 55 heavy (non-hydrogen) atoms. The number of aromatic nitrogens is 5. The minimum atomic E-state index is 0. The van der Waals surface area contributed by atoms with E-state index in [9.17, 15) is 0 Å². The van der Waals surface area contributed by atoms with Gasteiger partial charge in [-0.15, -0.1) is 29.7 Å². The van der Waals surface area contributed by atoms with Gasteiger partial charge in [-0.25, -0.2) is 4.98 Å². The molecule has 6 nitrogen and oxygen atoms in total. The van der Waals surface area contributed by atoms with Gasteiger partial charge in [-0.3, -0.25) is 9.13 Å². The molecule has 0 aliphatic heterocycles. The molecular weight excluding hydrogens is 858 g/mol. The predicted octanol–water partition coefficient (Wildman–Crippen LogP) is 10.7. The van der Waals surface area contributed by atoms with E-state index in [4.69, 9.17) is 9.72 Å². The summed E-state index contributed by atoms with van der Waals surface area (Å²) in [4.78, 5) is 5.32. The Balaban J connectivity index is 0.00000372. The summed E-state index contributed by atoms with van der Waals surface area (Å²) in [5.74, 6) is 2.80. The van der Waals surface area contributed by atoms with Crippen molar-refractivity contribution in [1.82, 2.24) is 18.7 Å². The van der Waals surface area contributed by atoms with Crippen LogP contribution in [0.2, 0.25) is 0 Å². The van der Waals surface area contributed by atoms with Gasteiger partial charge in [0.15, 0.2) is 0 Å². The number of rotatable bonds is 6. The Morgan fingerprint density at radius 2 is 1.02 bits per heavy atom. The van der Waals surface area contributed by atoms with Crippen LogP contribution in [0.15, 0.2) is 176 Å². The Bertz CT molecular complexity index is 3160. The monoisotopic (exact) mass is 886 g/mol. The molecule has 0 atom stereocenters. The predicted molar refractivity (Wildman–Crippen MR) is 214 cm³/mol. The third kappa shape index (κ3) is 5.37. The Labute approximate surface area is 331 Å². The average Bonchev–Trinajstić information content (AvgIpc) is 3.89. The van der Waals surface area contributed by atoms with Crippen molar-refractivity contribution in [3.63, 3.8) is 0 Å². The Morgan fingerprint density at radius 1 is 0.455 bits per heavy atom. The smallest absolute Gasteiger partial charge is 0.268 e. The summed E-state index contributed by atoms with van der Waals surface area (Å²) < 4.78 is 15.1. The van der Waals surface area contributed by atoms with Gasteiger partial charge in [0.05, 0.1) is 27.8 Å². The molecule has 7 heteroatoms. The number of fused-ring (bicyclic) bond motifs is 7. The quantitative estimate of drug-likeness (QED) is 0.123. The van der Waals surface area contributed by atoms with Crippen molar-refractivity contribution < 1.29 is 30.4 Å². The van der Waals surface area contributed by atoms with Crippen molar-refractivity contribution >= 4 is 54.6 Å². The van der Waals surface area contributed by atoms with E-state index in [1.165, 1.54) is 10.8 Å². The maximum Gasteiger partial charge on any atom is 0.268 e. The van der Waals surface area contributed by atoms with Gasteiger partial charge in [-0.2, -0.15) is 18.2 Å². The van der Waals surface area contributed by atoms with Crippen molar-refractivity contribution in [3.8, 4) is 34.5 Å². The van der Waals surface area contributed by atoms with Crippen molar-refractivity contribution in [1.29, 1.82) is 0 Å². The summed E-state index contributed by atoms with van der Waals surface area (Å²) in [5.41, 5.74) is 8.08. The molecule has 0 fully saturated rings. The third-order valence-corrected chi connectivity index (χ3v) is 10.1. The molecule has 7 aromatic carbocycles. The first kappa shape index (κ1) is 32.9. The van der Waals surface area contributed by atoms with Crippen LogP contribution < -0.4 is 9.30 Å². The number of ether oxygens (including phenoxy) is 1. The minimum absolute atomic E-state index is 0. The zero-order valence-electron chi connectivity index (χ0n) is 29.2. The molecule has 0 N–H and O–H groups in total. The van der Waals surface area contributed by atoms with Crippen LogP contribution in [0.4, 0.5) is 0 Å². The summed E-state index contributed by atoms with van der Waals surface area (Å²) in [6, 6.07) is 67.3. The fourth-order valence-electron chi connectivity index (χ4n) is 7.75. The maximum atomic E-state index is 6.54. The van der Waals surface area contributed by atoms with Crippen LogP contribution in [-0.2, 0) is 21.1 Å². The van der Waals surface area contributed by atoms with E-state index in [2.05, 4.69) is 153 Å². The number of nitrogens with zero attached hydrogens (tertiary/aromatic N) is 5. The van der Waals surface area contributed by atoms with E-state index < -0.39 is 0 Å². The van der Waals surface area contributed by atoms with Crippen LogP contribution in [0.5, 0.6) is 11.5 Å². The molecule has 0 spiro atoms. The van der Waals surface area contributed by atoms with Crippen LogP contribution in [0.3, 0.4) is 0 Å². The molecule has 0 aliphatic carbocycles. The minimum Gasteiger partial charge on any atom is -0.510 e. The van der Waals surface area contributed by atoms with E-state index in [-0.39, 0.29) is 21.1 Å². The largest absolute Gasteiger partial charge is 0.510 e. The van der Waals surface area contributed by atoms with Gasteiger partial charge in [0.1, 0.15) is 11.6 Å². The Kier molecular flexibility index (Phi) is 7.93. The average molecular weight is 887 g/mol. The first-order valence-electron chi connectivity index (χ1n) is 17.9. The van der Waals surface area contributed by atoms with Gasteiger partial charge < -0.3 is 13.9 Å². The summed E-state index contributed by atoms with van der Waals surface area (Å²) in [5, 5.41) is 4.59. The van der Waals surface area contributed by atoms with Crippen LogP contribution in [0.25, 0.3) is 77.7 Å². The molecule has 264 valence electrons. The molecule has 0 aliphatic rings. The number of imidazole rings is 1. The fraction of sp³-hybridized carbons (Fsp3) is 0. The summed E-state index contributed by atoms with van der Waals surface area (Å²) >= 11 is 0. The Hall–Kier alpha value is -6.75. The van der Waals surface area contributed by atoms with Gasteiger partial charge in [0.25, 0.3) is 6.33 Å². The maximum absolute atomic E-state index is 6.54. The first-order valence-corrected chi connectivity index (χ1v) is 17.9. The standard InChI is InChI=1S/C48H29N5O.Pt/c1-2-14-33(15-3-1)50-32-51(45-25-11-10-24-44(45)50)34-16-12-17-35(30-34)54-36-28-29-40-39-20-6-9-23-43(39)53(46(40)31-36)48-27-13-26-47(49-48)52-41-21-7-4-18-37(41)38-19-5-8-22-42(38)52;/h1-29H;/q-2;. The normalized spacial score (nSPS) is 11.5. The summed E-state index contributed by atoms with van der Waals surface area (Å²) in [6.07, 6.45) is 3.54. The van der Waals surface area contributed by atoms with Crippen LogP contribution in [-0.4, -0.2) is 18.7 Å². The molecule has 11 rings (SSSR count). The molecule has 0 bridgehead atoms. The number of pyridine rings is 1. The summed E-state index contributed by atoms with van der Waals surface area (Å²) in [6.45, 7) is 0. The zero-order valence-corrected chi connectivity index (χ0v) is 31.5. The second-order valence-corrected chi connectivity index (χ2v) is 13.3. The fourth-order valence-corrected chi connectivity index (χ4v) is 7.75. The van der Waals surface area contributed by atoms with E-state index in [1.807, 2.05) is 59.2 Å². The molecule has 4 aromatic heterocycles. The van der Waals surface area contributed by atoms with Gasteiger partial charge in [0.2, 0.25) is 0 Å². The van der Waals surface area contributed by atoms with Gasteiger partial charge >= 0.3 is 0 Å². The topological polar surface area (TPSA) is 40.8 Å². The molecule has 0 amide bonds. The van der Waals surface area contributed by atoms with Crippen LogP contribution >= 0.6 is 0 Å². The molecule has 0 saturated heterocycles. The van der Waals surface area contributed by atoms with Crippen molar-refractivity contribution in [2.75, 3.05) is 0 Å². The third-order valence-electron chi connectivity index (χ3n) is 10.1. The van der Waals surface area contributed by atoms with Crippen LogP contribution in [0.1, 0.15) is 0 Å². The Morgan fingerprint density at radius 3 is 1.75 bits per heavy atom. The second-order valence-electron chi connectivity index (χ2n) is 13.3. The van der Waals surface area contributed by atoms with Gasteiger partial charge in [-0.05, 0) is 53.5 Å². The number of hydrogen-bond acceptors (Lipinski definition) is 2. The van der Waals surface area contributed by atoms with Crippen molar-refractivity contribution in [3.05, 3.63) is 194 Å². The van der Waals surface area contributed by atoms with E-state index in [1.54, 1.807) is 0 Å². The van der Waals surface area contributed by atoms with Crippen LogP contribution in [0, 0.1) is 18.5 Å². The number of hydrogen-bond donors (Lipinski definition) is 0. The van der Waals surface area contributed by atoms with Gasteiger partial charge in [0, 0.05) is 48.9 Å². The summed E-state index contributed by atoms with van der Waals surface area (Å²) in [7, 11) is 0. The molecule has 0 unspecified atom stereocenters. The van der Waals surface area contributed by atoms with E-state index in [0.717, 1.165) is 66.9 Å². The second kappa shape index (κ2) is 13.3. The molecular formula is C48H29N5OPt-2. The first-order chi connectivity index (χ1) is 26.8. The number of para-hydroxylation sites is 6. The molecule has 4 heterocycles. The van der Waals surface area contributed by atoms with E-state index >= 15 is 0 Å². The van der Waals surface area contributed by atoms with E-state index in [0.29, 0.717) is 11.5 Å². The molecule has 0 radical (unpaired) electrons. The van der Waals surface area contributed by atoms with Gasteiger partial charge in [-0.1, -0.05) is 109 Å². The van der Waals surface area contributed by atoms with Crippen molar-refractivity contribution in [2.24, 2.45) is 0 Å². The SMILES string of the molecule is [Pt].[c-]1c(Oc2[c-]c3c(cc2)c2ccccc2n3-c2cccc(-n3c4ccccc4c4ccccc43)n2)cccc1-n1[c-][n+](-c2ccccc2)c2ccccc21. The van der Waals surface area contributed by atoms with Crippen molar-refractivity contribution in [2.45, 2.75) is 0 Å². The molecule has 0 saturated carbocycles. The number of benzene rings is 7.